The Morgan fingerprint density at radius 2 is 1.88 bits per heavy atom. The van der Waals surface area contributed by atoms with E-state index in [9.17, 15) is 17.6 Å². The van der Waals surface area contributed by atoms with E-state index in [0.29, 0.717) is 18.5 Å². The van der Waals surface area contributed by atoms with E-state index in [1.807, 2.05) is 30.3 Å². The van der Waals surface area contributed by atoms with Gasteiger partial charge in [-0.15, -0.1) is 0 Å². The minimum atomic E-state index is -3.09. The summed E-state index contributed by atoms with van der Waals surface area (Å²) in [6.07, 6.45) is 0.433. The molecule has 0 bridgehead atoms. The summed E-state index contributed by atoms with van der Waals surface area (Å²) in [5.41, 5.74) is 1.69. The van der Waals surface area contributed by atoms with Crippen molar-refractivity contribution in [3.8, 4) is 11.1 Å². The van der Waals surface area contributed by atoms with E-state index in [-0.39, 0.29) is 29.0 Å². The Hall–Kier alpha value is -2.21. The number of nitrogens with zero attached hydrogens (tertiary/aromatic N) is 1. The minimum absolute atomic E-state index is 0.0204. The quantitative estimate of drug-likeness (QED) is 0.841. The summed E-state index contributed by atoms with van der Waals surface area (Å²) in [4.78, 5) is 14.4. The Balaban J connectivity index is 1.92. The van der Waals surface area contributed by atoms with Crippen LogP contribution < -0.4 is 0 Å². The van der Waals surface area contributed by atoms with Crippen molar-refractivity contribution in [3.63, 3.8) is 0 Å². The van der Waals surface area contributed by atoms with Gasteiger partial charge in [0.15, 0.2) is 9.84 Å². The van der Waals surface area contributed by atoms with Crippen molar-refractivity contribution < 1.29 is 17.6 Å². The number of sulfone groups is 1. The Morgan fingerprint density at radius 1 is 1.16 bits per heavy atom. The molecule has 25 heavy (non-hydrogen) atoms. The molecule has 0 saturated carbocycles. The van der Waals surface area contributed by atoms with Crippen LogP contribution in [0.3, 0.4) is 0 Å². The van der Waals surface area contributed by atoms with Gasteiger partial charge in [0.2, 0.25) is 0 Å². The molecular formula is C19H20FNO3S. The summed E-state index contributed by atoms with van der Waals surface area (Å²) < 4.78 is 37.5. The van der Waals surface area contributed by atoms with Crippen LogP contribution in [0, 0.1) is 5.82 Å². The molecule has 1 aliphatic rings. The maximum atomic E-state index is 14.1. The summed E-state index contributed by atoms with van der Waals surface area (Å²) in [7, 11) is -3.09. The van der Waals surface area contributed by atoms with E-state index < -0.39 is 15.7 Å². The highest BCUT2D eigenvalue weighted by molar-refractivity contribution is 7.91. The molecule has 132 valence electrons. The zero-order valence-corrected chi connectivity index (χ0v) is 14.8. The van der Waals surface area contributed by atoms with E-state index >= 15 is 0 Å². The summed E-state index contributed by atoms with van der Waals surface area (Å²) >= 11 is 0. The van der Waals surface area contributed by atoms with Gasteiger partial charge in [0.25, 0.3) is 5.91 Å². The highest BCUT2D eigenvalue weighted by Crippen LogP contribution is 2.25. The van der Waals surface area contributed by atoms with Gasteiger partial charge in [0.05, 0.1) is 11.5 Å². The molecule has 0 N–H and O–H groups in total. The molecule has 1 unspecified atom stereocenters. The second kappa shape index (κ2) is 6.96. The lowest BCUT2D eigenvalue weighted by atomic mass is 10.0. The first-order valence-corrected chi connectivity index (χ1v) is 10.1. The van der Waals surface area contributed by atoms with Crippen molar-refractivity contribution in [1.82, 2.24) is 4.90 Å². The van der Waals surface area contributed by atoms with E-state index in [1.54, 1.807) is 13.0 Å². The second-order valence-electron chi connectivity index (χ2n) is 6.24. The van der Waals surface area contributed by atoms with Crippen molar-refractivity contribution in [2.45, 2.75) is 19.4 Å². The lowest BCUT2D eigenvalue weighted by Crippen LogP contribution is -2.41. The Kier molecular flexibility index (Phi) is 4.90. The van der Waals surface area contributed by atoms with Gasteiger partial charge in [-0.1, -0.05) is 30.3 Å². The van der Waals surface area contributed by atoms with Gasteiger partial charge in [-0.3, -0.25) is 4.79 Å². The number of hydrogen-bond acceptors (Lipinski definition) is 3. The molecule has 3 rings (SSSR count). The van der Waals surface area contributed by atoms with Crippen molar-refractivity contribution in [2.24, 2.45) is 0 Å². The number of rotatable bonds is 4. The highest BCUT2D eigenvalue weighted by Gasteiger charge is 2.34. The number of amides is 1. The molecule has 6 heteroatoms. The third-order valence-electron chi connectivity index (χ3n) is 4.50. The van der Waals surface area contributed by atoms with Gasteiger partial charge in [0, 0.05) is 18.2 Å². The smallest absolute Gasteiger partial charge is 0.254 e. The molecule has 1 aliphatic heterocycles. The number of hydrogen-bond donors (Lipinski definition) is 0. The fraction of sp³-hybridized carbons (Fsp3) is 0.316. The zero-order valence-electron chi connectivity index (χ0n) is 14.0. The van der Waals surface area contributed by atoms with E-state index in [1.165, 1.54) is 17.0 Å². The number of halogens is 1. The first-order chi connectivity index (χ1) is 11.9. The van der Waals surface area contributed by atoms with Gasteiger partial charge in [0.1, 0.15) is 5.82 Å². The first kappa shape index (κ1) is 17.6. The molecule has 0 spiro atoms. The molecule has 0 aliphatic carbocycles. The van der Waals surface area contributed by atoms with Gasteiger partial charge in [-0.25, -0.2) is 12.8 Å². The van der Waals surface area contributed by atoms with Crippen LogP contribution in [-0.4, -0.2) is 43.3 Å². The molecule has 1 amide bonds. The fourth-order valence-electron chi connectivity index (χ4n) is 3.27. The molecule has 0 aromatic heterocycles. The van der Waals surface area contributed by atoms with Gasteiger partial charge in [-0.2, -0.15) is 0 Å². The van der Waals surface area contributed by atoms with Crippen LogP contribution in [0.15, 0.2) is 48.5 Å². The second-order valence-corrected chi connectivity index (χ2v) is 8.47. The number of carbonyl (C=O) groups excluding carboxylic acids is 1. The Labute approximate surface area is 147 Å². The molecule has 4 nitrogen and oxygen atoms in total. The highest BCUT2D eigenvalue weighted by atomic mass is 32.2. The van der Waals surface area contributed by atoms with Crippen LogP contribution in [0.1, 0.15) is 23.7 Å². The van der Waals surface area contributed by atoms with Crippen LogP contribution in [0.5, 0.6) is 0 Å². The van der Waals surface area contributed by atoms with Crippen LogP contribution in [0.2, 0.25) is 0 Å². The summed E-state index contributed by atoms with van der Waals surface area (Å²) in [5, 5.41) is 0. The maximum absolute atomic E-state index is 14.1. The summed E-state index contributed by atoms with van der Waals surface area (Å²) in [6, 6.07) is 13.2. The van der Waals surface area contributed by atoms with Crippen molar-refractivity contribution in [2.75, 3.05) is 18.1 Å². The Morgan fingerprint density at radius 3 is 2.48 bits per heavy atom. The Bertz CT molecular complexity index is 881. The first-order valence-electron chi connectivity index (χ1n) is 8.27. The van der Waals surface area contributed by atoms with Crippen LogP contribution in [0.25, 0.3) is 11.1 Å². The fourth-order valence-corrected chi connectivity index (χ4v) is 5.00. The number of carbonyl (C=O) groups is 1. The van der Waals surface area contributed by atoms with E-state index in [4.69, 9.17) is 0 Å². The summed E-state index contributed by atoms with van der Waals surface area (Å²) in [6.45, 7) is 2.19. The standard InChI is InChI=1S/C19H20FNO3S/c1-2-21(18-8-9-25(23,24)13-18)19(22)16-10-15(11-17(20)12-16)14-6-4-3-5-7-14/h3-7,10-12,18H,2,8-9,13H2,1H3. The van der Waals surface area contributed by atoms with Gasteiger partial charge < -0.3 is 4.90 Å². The molecule has 1 saturated heterocycles. The average Bonchev–Trinajstić information content (AvgIpc) is 2.95. The normalized spacial score (nSPS) is 18.9. The van der Waals surface area contributed by atoms with Crippen molar-refractivity contribution in [1.29, 1.82) is 0 Å². The molecule has 1 fully saturated rings. The SMILES string of the molecule is CCN(C(=O)c1cc(F)cc(-c2ccccc2)c1)C1CCS(=O)(=O)C1. The molecular weight excluding hydrogens is 341 g/mol. The zero-order chi connectivity index (χ0) is 18.0. The van der Waals surface area contributed by atoms with Crippen LogP contribution in [-0.2, 0) is 9.84 Å². The maximum Gasteiger partial charge on any atom is 0.254 e. The average molecular weight is 361 g/mol. The largest absolute Gasteiger partial charge is 0.335 e. The lowest BCUT2D eigenvalue weighted by molar-refractivity contribution is 0.0708. The van der Waals surface area contributed by atoms with Gasteiger partial charge >= 0.3 is 0 Å². The van der Waals surface area contributed by atoms with Crippen molar-refractivity contribution >= 4 is 15.7 Å². The van der Waals surface area contributed by atoms with Gasteiger partial charge in [-0.05, 0) is 42.7 Å². The molecule has 2 aromatic carbocycles. The van der Waals surface area contributed by atoms with Crippen LogP contribution in [0.4, 0.5) is 4.39 Å². The monoisotopic (exact) mass is 361 g/mol. The third-order valence-corrected chi connectivity index (χ3v) is 6.25. The predicted octanol–water partition coefficient (Wildman–Crippen LogP) is 3.14. The van der Waals surface area contributed by atoms with Crippen molar-refractivity contribution in [3.05, 3.63) is 59.9 Å². The topological polar surface area (TPSA) is 54.5 Å². The third kappa shape index (κ3) is 3.90. The molecule has 2 aromatic rings. The lowest BCUT2D eigenvalue weighted by Gasteiger charge is -2.27. The molecule has 1 heterocycles. The van der Waals surface area contributed by atoms with Crippen LogP contribution >= 0.6 is 0 Å². The van der Waals surface area contributed by atoms with E-state index in [0.717, 1.165) is 5.56 Å². The molecule has 0 radical (unpaired) electrons. The predicted molar refractivity (Wildman–Crippen MR) is 95.6 cm³/mol. The molecule has 1 atom stereocenters. The van der Waals surface area contributed by atoms with E-state index in [2.05, 4.69) is 0 Å². The number of benzene rings is 2. The minimum Gasteiger partial charge on any atom is -0.335 e. The summed E-state index contributed by atoms with van der Waals surface area (Å²) in [5.74, 6) is -0.742.